The van der Waals surface area contributed by atoms with Gasteiger partial charge in [0.15, 0.2) is 0 Å². The highest BCUT2D eigenvalue weighted by Crippen LogP contribution is 2.26. The van der Waals surface area contributed by atoms with E-state index in [-0.39, 0.29) is 14.9 Å². The van der Waals surface area contributed by atoms with E-state index in [0.717, 1.165) is 0 Å². The molecule has 0 bridgehead atoms. The number of benzene rings is 2. The third kappa shape index (κ3) is 3.77. The Morgan fingerprint density at radius 3 is 2.05 bits per heavy atom. The molecule has 0 aliphatic heterocycles. The number of rotatable bonds is 3. The van der Waals surface area contributed by atoms with Gasteiger partial charge in [0.05, 0.1) is 24.7 Å². The molecule has 21 heavy (non-hydrogen) atoms. The summed E-state index contributed by atoms with van der Waals surface area (Å²) in [4.78, 5) is 0.191. The van der Waals surface area contributed by atoms with Crippen LogP contribution in [0, 0.1) is 0 Å². The highest BCUT2D eigenvalue weighted by molar-refractivity contribution is 8.03. The summed E-state index contributed by atoms with van der Waals surface area (Å²) < 4.78 is 40.5. The van der Waals surface area contributed by atoms with Gasteiger partial charge < -0.3 is 0 Å². The fourth-order valence-electron chi connectivity index (χ4n) is 1.58. The minimum Gasteiger partial charge on any atom is -0.244 e. The average Bonchev–Trinajstić information content (AvgIpc) is 2.41. The zero-order valence-corrected chi connectivity index (χ0v) is 14.0. The van der Waals surface area contributed by atoms with E-state index in [9.17, 15) is 12.6 Å². The highest BCUT2D eigenvalue weighted by Gasteiger charge is 2.18. The van der Waals surface area contributed by atoms with Gasteiger partial charge in [-0.2, -0.15) is 8.42 Å². The van der Waals surface area contributed by atoms with E-state index in [1.807, 2.05) is 0 Å². The van der Waals surface area contributed by atoms with Crippen LogP contribution in [0.25, 0.3) is 0 Å². The Labute approximate surface area is 133 Å². The molecule has 8 heteroatoms. The smallest absolute Gasteiger partial charge is 0.244 e. The summed E-state index contributed by atoms with van der Waals surface area (Å²) in [6.45, 7) is 0. The third-order valence-corrected chi connectivity index (χ3v) is 7.27. The minimum atomic E-state index is -4.10. The monoisotopic (exact) mass is 363 g/mol. The van der Waals surface area contributed by atoms with Crippen molar-refractivity contribution in [2.75, 3.05) is 6.26 Å². The normalized spacial score (nSPS) is 14.4. The first-order chi connectivity index (χ1) is 9.72. The van der Waals surface area contributed by atoms with Crippen LogP contribution in [0.2, 0.25) is 10.0 Å². The second kappa shape index (κ2) is 5.96. The highest BCUT2D eigenvalue weighted by atomic mass is 35.5. The van der Waals surface area contributed by atoms with Crippen LogP contribution in [0.4, 0.5) is 0 Å². The summed E-state index contributed by atoms with van der Waals surface area (Å²) in [7, 11) is -7.18. The predicted molar refractivity (Wildman–Crippen MR) is 84.9 cm³/mol. The van der Waals surface area contributed by atoms with Gasteiger partial charge in [0.1, 0.15) is 0 Å². The molecule has 2 aromatic rings. The van der Waals surface area contributed by atoms with Crippen molar-refractivity contribution in [3.63, 3.8) is 0 Å². The molecule has 2 rings (SSSR count). The molecule has 0 aliphatic carbocycles. The quantitative estimate of drug-likeness (QED) is 0.831. The van der Waals surface area contributed by atoms with Gasteiger partial charge in [0, 0.05) is 11.2 Å². The van der Waals surface area contributed by atoms with Crippen LogP contribution in [0.5, 0.6) is 0 Å². The van der Waals surface area contributed by atoms with Crippen molar-refractivity contribution in [2.45, 2.75) is 9.79 Å². The minimum absolute atomic E-state index is 0.0928. The Hall–Kier alpha value is -1.08. The molecule has 0 saturated carbocycles. The summed E-state index contributed by atoms with van der Waals surface area (Å²) in [5, 5.41) is 0.325. The summed E-state index contributed by atoms with van der Waals surface area (Å²) in [5.74, 6) is 0. The van der Waals surface area contributed by atoms with Crippen molar-refractivity contribution in [1.29, 1.82) is 0 Å². The molecule has 0 N–H and O–H groups in total. The first-order valence-corrected chi connectivity index (χ1v) is 9.83. The van der Waals surface area contributed by atoms with E-state index >= 15 is 0 Å². The van der Waals surface area contributed by atoms with Crippen molar-refractivity contribution in [1.82, 2.24) is 0 Å². The molecule has 0 fully saturated rings. The van der Waals surface area contributed by atoms with Crippen molar-refractivity contribution < 1.29 is 12.6 Å². The van der Waals surface area contributed by atoms with Crippen LogP contribution >= 0.6 is 23.2 Å². The lowest BCUT2D eigenvalue weighted by molar-refractivity contribution is 0.598. The molecule has 0 unspecified atom stereocenters. The van der Waals surface area contributed by atoms with E-state index in [0.29, 0.717) is 4.90 Å². The topological polar surface area (TPSA) is 63.6 Å². The average molecular weight is 364 g/mol. The largest absolute Gasteiger partial charge is 0.290 e. The van der Waals surface area contributed by atoms with Crippen LogP contribution in [0.3, 0.4) is 0 Å². The molecule has 2 aromatic carbocycles. The molecule has 0 amide bonds. The molecule has 0 radical (unpaired) electrons. The Morgan fingerprint density at radius 2 is 1.48 bits per heavy atom. The number of hydrogen-bond acceptors (Lipinski definition) is 3. The van der Waals surface area contributed by atoms with Crippen LogP contribution in [-0.4, -0.2) is 18.9 Å². The summed E-state index contributed by atoms with van der Waals surface area (Å²) in [6.07, 6.45) is 1.28. The van der Waals surface area contributed by atoms with E-state index < -0.39 is 19.8 Å². The fourth-order valence-corrected chi connectivity index (χ4v) is 5.30. The lowest BCUT2D eigenvalue weighted by atomic mass is 10.4. The lowest BCUT2D eigenvalue weighted by Gasteiger charge is -2.05. The summed E-state index contributed by atoms with van der Waals surface area (Å²) >= 11 is 11.5. The zero-order chi connectivity index (χ0) is 15.7. The van der Waals surface area contributed by atoms with Crippen molar-refractivity contribution in [2.24, 2.45) is 3.77 Å². The molecule has 1 atom stereocenters. The van der Waals surface area contributed by atoms with Gasteiger partial charge >= 0.3 is 0 Å². The van der Waals surface area contributed by atoms with Gasteiger partial charge in [-0.15, -0.1) is 3.77 Å². The van der Waals surface area contributed by atoms with Crippen LogP contribution < -0.4 is 0 Å². The van der Waals surface area contributed by atoms with Gasteiger partial charge in [-0.3, -0.25) is 0 Å². The molecule has 4 nitrogen and oxygen atoms in total. The van der Waals surface area contributed by atoms with Gasteiger partial charge in [-0.05, 0) is 30.3 Å². The molecular weight excluding hydrogens is 353 g/mol. The second-order valence-corrected chi connectivity index (χ2v) is 9.15. The molecule has 0 heterocycles. The molecular formula is C13H11Cl2NO3S2. The van der Waals surface area contributed by atoms with E-state index in [2.05, 4.69) is 3.77 Å². The van der Waals surface area contributed by atoms with Gasteiger partial charge in [0.25, 0.3) is 10.0 Å². The number of halogens is 2. The first-order valence-electron chi connectivity index (χ1n) is 5.71. The van der Waals surface area contributed by atoms with Crippen molar-refractivity contribution in [3.05, 3.63) is 58.6 Å². The Balaban J connectivity index is 2.57. The van der Waals surface area contributed by atoms with Crippen LogP contribution in [-0.2, 0) is 19.8 Å². The summed E-state index contributed by atoms with van der Waals surface area (Å²) in [6, 6.07) is 12.0. The van der Waals surface area contributed by atoms with Crippen LogP contribution in [0.1, 0.15) is 0 Å². The summed E-state index contributed by atoms with van der Waals surface area (Å²) in [5.41, 5.74) is 0. The second-order valence-electron chi connectivity index (χ2n) is 4.24. The van der Waals surface area contributed by atoms with Crippen LogP contribution in [0.15, 0.2) is 62.1 Å². The van der Waals surface area contributed by atoms with E-state index in [1.165, 1.54) is 24.5 Å². The van der Waals surface area contributed by atoms with E-state index in [1.54, 1.807) is 30.3 Å². The molecule has 0 saturated heterocycles. The van der Waals surface area contributed by atoms with Gasteiger partial charge in [-0.25, -0.2) is 4.21 Å². The first kappa shape index (κ1) is 16.3. The molecule has 112 valence electrons. The molecule has 0 aromatic heterocycles. The Morgan fingerprint density at radius 1 is 0.857 bits per heavy atom. The van der Waals surface area contributed by atoms with Gasteiger partial charge in [0.2, 0.25) is 0 Å². The maximum Gasteiger partial charge on any atom is 0.290 e. The predicted octanol–water partition coefficient (Wildman–Crippen LogP) is 3.84. The maximum absolute atomic E-state index is 12.5. The Bertz CT molecular complexity index is 887. The maximum atomic E-state index is 12.5. The number of nitrogens with zero attached hydrogens (tertiary/aromatic N) is 1. The standard InChI is InChI=1S/C13H11Cl2NO3S2/c1-20(17,10-5-3-2-4-6-10)16-21(18,19)11-7-8-12(14)13(15)9-11/h2-9H,1H3/t20-/m0/s1. The van der Waals surface area contributed by atoms with E-state index in [4.69, 9.17) is 23.2 Å². The number of sulfonamides is 1. The van der Waals surface area contributed by atoms with Crippen molar-refractivity contribution in [3.8, 4) is 0 Å². The zero-order valence-electron chi connectivity index (χ0n) is 10.9. The van der Waals surface area contributed by atoms with Gasteiger partial charge in [-0.1, -0.05) is 41.4 Å². The Kier molecular flexibility index (Phi) is 4.63. The molecule has 0 aliphatic rings. The SMILES string of the molecule is C[S@@](=O)(=NS(=O)(=O)c1ccc(Cl)c(Cl)c1)c1ccccc1. The fraction of sp³-hybridized carbons (Fsp3) is 0.0769. The van der Waals surface area contributed by atoms with Crippen molar-refractivity contribution >= 4 is 43.0 Å². The number of hydrogen-bond donors (Lipinski definition) is 0. The molecule has 0 spiro atoms. The third-order valence-electron chi connectivity index (χ3n) is 2.61. The lowest BCUT2D eigenvalue weighted by Crippen LogP contribution is -2.04.